The maximum Gasteiger partial charge on any atom is 0.269 e. The van der Waals surface area contributed by atoms with Gasteiger partial charge in [0, 0.05) is 12.1 Å². The molecule has 0 aromatic heterocycles. The topological polar surface area (TPSA) is 63.4 Å². The van der Waals surface area contributed by atoms with E-state index in [9.17, 15) is 15.2 Å². The van der Waals surface area contributed by atoms with E-state index in [1.165, 1.54) is 35.1 Å². The smallest absolute Gasteiger partial charge is 0.269 e. The monoisotopic (exact) mass is 457 g/mol. The highest BCUT2D eigenvalue weighted by atomic mass is 16.6. The van der Waals surface area contributed by atoms with Gasteiger partial charge in [-0.1, -0.05) is 74.0 Å². The molecule has 0 saturated heterocycles. The number of hydrogen-bond donors (Lipinski definition) is 1. The molecule has 1 saturated carbocycles. The summed E-state index contributed by atoms with van der Waals surface area (Å²) in [6, 6.07) is 24.2. The third-order valence-corrected chi connectivity index (χ3v) is 7.38. The van der Waals surface area contributed by atoms with Gasteiger partial charge in [0.15, 0.2) is 0 Å². The Balaban J connectivity index is 1.28. The van der Waals surface area contributed by atoms with E-state index in [-0.39, 0.29) is 10.6 Å². The van der Waals surface area contributed by atoms with Crippen molar-refractivity contribution in [2.45, 2.75) is 70.3 Å². The van der Waals surface area contributed by atoms with Crippen LogP contribution in [0.25, 0.3) is 11.1 Å². The van der Waals surface area contributed by atoms with Crippen LogP contribution in [0.15, 0.2) is 72.8 Å². The minimum absolute atomic E-state index is 0.149. The maximum atomic E-state index is 10.9. The van der Waals surface area contributed by atoms with Gasteiger partial charge in [0.05, 0.1) is 11.0 Å². The van der Waals surface area contributed by atoms with Gasteiger partial charge in [-0.3, -0.25) is 10.1 Å². The summed E-state index contributed by atoms with van der Waals surface area (Å²) in [6.45, 7) is 2.22. The minimum Gasteiger partial charge on any atom is -0.388 e. The molecule has 0 bridgehead atoms. The lowest BCUT2D eigenvalue weighted by molar-refractivity contribution is -0.384. The van der Waals surface area contributed by atoms with E-state index in [4.69, 9.17) is 0 Å². The van der Waals surface area contributed by atoms with Crippen LogP contribution in [0, 0.1) is 16.0 Å². The van der Waals surface area contributed by atoms with Crippen LogP contribution in [0.3, 0.4) is 0 Å². The van der Waals surface area contributed by atoms with E-state index in [0.717, 1.165) is 44.1 Å². The van der Waals surface area contributed by atoms with Gasteiger partial charge in [-0.15, -0.1) is 0 Å². The number of rotatable bonds is 9. The van der Waals surface area contributed by atoms with E-state index in [2.05, 4.69) is 55.5 Å². The van der Waals surface area contributed by atoms with Crippen molar-refractivity contribution in [1.29, 1.82) is 0 Å². The fraction of sp³-hybridized carbons (Fsp3) is 0.400. The Labute approximate surface area is 202 Å². The lowest BCUT2D eigenvalue weighted by atomic mass is 9.76. The van der Waals surface area contributed by atoms with Crippen molar-refractivity contribution in [1.82, 2.24) is 0 Å². The molecule has 1 aliphatic rings. The van der Waals surface area contributed by atoms with Crippen molar-refractivity contribution in [3.8, 4) is 11.1 Å². The molecule has 0 heterocycles. The fourth-order valence-electron chi connectivity index (χ4n) is 5.19. The number of nitro benzene ring substituents is 1. The lowest BCUT2D eigenvalue weighted by Gasteiger charge is -2.30. The van der Waals surface area contributed by atoms with Crippen LogP contribution in [0.2, 0.25) is 0 Å². The number of non-ortho nitro benzene ring substituents is 1. The summed E-state index contributed by atoms with van der Waals surface area (Å²) in [5, 5.41) is 21.7. The molecule has 4 nitrogen and oxygen atoms in total. The molecule has 1 fully saturated rings. The highest BCUT2D eigenvalue weighted by Gasteiger charge is 2.25. The van der Waals surface area contributed by atoms with Gasteiger partial charge in [0.1, 0.15) is 0 Å². The Hall–Kier alpha value is -2.98. The molecule has 4 rings (SSSR count). The summed E-state index contributed by atoms with van der Waals surface area (Å²) >= 11 is 0. The van der Waals surface area contributed by atoms with Gasteiger partial charge >= 0.3 is 0 Å². The molecule has 178 valence electrons. The Morgan fingerprint density at radius 1 is 0.882 bits per heavy atom. The lowest BCUT2D eigenvalue weighted by Crippen LogP contribution is -2.16. The van der Waals surface area contributed by atoms with Crippen molar-refractivity contribution in [2.75, 3.05) is 0 Å². The van der Waals surface area contributed by atoms with Gasteiger partial charge in [-0.05, 0) is 84.6 Å². The fourth-order valence-corrected chi connectivity index (χ4v) is 5.19. The van der Waals surface area contributed by atoms with Crippen LogP contribution in [-0.4, -0.2) is 10.0 Å². The van der Waals surface area contributed by atoms with Crippen molar-refractivity contribution < 1.29 is 10.0 Å². The number of hydrogen-bond acceptors (Lipinski definition) is 3. The Morgan fingerprint density at radius 2 is 1.47 bits per heavy atom. The molecule has 0 aliphatic heterocycles. The number of aryl methyl sites for hydroxylation is 1. The first kappa shape index (κ1) is 24.2. The first-order valence-corrected chi connectivity index (χ1v) is 12.6. The van der Waals surface area contributed by atoms with E-state index in [1.807, 2.05) is 12.1 Å². The molecule has 3 aromatic carbocycles. The Bertz CT molecular complexity index is 1050. The van der Waals surface area contributed by atoms with E-state index >= 15 is 0 Å². The van der Waals surface area contributed by atoms with Crippen molar-refractivity contribution in [2.24, 2.45) is 5.92 Å². The number of unbranched alkanes of at least 4 members (excludes halogenated alkanes) is 1. The minimum atomic E-state index is -0.439. The quantitative estimate of drug-likeness (QED) is 0.261. The summed E-state index contributed by atoms with van der Waals surface area (Å²) in [5.74, 6) is 0.974. The van der Waals surface area contributed by atoms with E-state index in [0.29, 0.717) is 11.8 Å². The van der Waals surface area contributed by atoms with E-state index < -0.39 is 6.10 Å². The molecule has 4 heteroatoms. The predicted octanol–water partition coefficient (Wildman–Crippen LogP) is 8.00. The van der Waals surface area contributed by atoms with Crippen LogP contribution >= 0.6 is 0 Å². The first-order valence-electron chi connectivity index (χ1n) is 12.6. The summed E-state index contributed by atoms with van der Waals surface area (Å²) in [7, 11) is 0. The molecule has 0 spiro atoms. The number of aliphatic hydroxyl groups excluding tert-OH is 1. The zero-order chi connectivity index (χ0) is 23.9. The normalized spacial score (nSPS) is 19.0. The molecule has 0 amide bonds. The van der Waals surface area contributed by atoms with Crippen molar-refractivity contribution in [3.63, 3.8) is 0 Å². The van der Waals surface area contributed by atoms with Gasteiger partial charge in [-0.2, -0.15) is 0 Å². The van der Waals surface area contributed by atoms with Crippen LogP contribution in [0.4, 0.5) is 5.69 Å². The van der Waals surface area contributed by atoms with Gasteiger partial charge in [0.25, 0.3) is 5.69 Å². The zero-order valence-electron chi connectivity index (χ0n) is 20.0. The highest BCUT2D eigenvalue weighted by Crippen LogP contribution is 2.39. The van der Waals surface area contributed by atoms with Gasteiger partial charge in [-0.25, -0.2) is 0 Å². The summed E-state index contributed by atoms with van der Waals surface area (Å²) in [4.78, 5) is 10.5. The van der Waals surface area contributed by atoms with Crippen LogP contribution < -0.4 is 0 Å². The summed E-state index contributed by atoms with van der Waals surface area (Å²) in [5.41, 5.74) is 6.11. The molecule has 1 atom stereocenters. The average Bonchev–Trinajstić information content (AvgIpc) is 2.88. The molecular weight excluding hydrogens is 422 g/mol. The maximum absolute atomic E-state index is 10.9. The molecule has 1 aliphatic carbocycles. The molecule has 34 heavy (non-hydrogen) atoms. The second-order valence-electron chi connectivity index (χ2n) is 9.74. The van der Waals surface area contributed by atoms with Gasteiger partial charge < -0.3 is 5.11 Å². The number of benzene rings is 3. The highest BCUT2D eigenvalue weighted by molar-refractivity contribution is 5.64. The third-order valence-electron chi connectivity index (χ3n) is 7.38. The Morgan fingerprint density at radius 3 is 2.03 bits per heavy atom. The van der Waals surface area contributed by atoms with Crippen molar-refractivity contribution >= 4 is 5.69 Å². The number of nitro groups is 1. The molecular formula is C30H35NO3. The number of nitrogens with zero attached hydrogens (tertiary/aromatic N) is 1. The van der Waals surface area contributed by atoms with E-state index in [1.54, 1.807) is 12.1 Å². The first-order chi connectivity index (χ1) is 16.5. The number of aliphatic hydroxyl groups is 1. The molecule has 0 radical (unpaired) electrons. The van der Waals surface area contributed by atoms with Crippen LogP contribution in [0.1, 0.15) is 80.6 Å². The van der Waals surface area contributed by atoms with Crippen LogP contribution in [-0.2, 0) is 6.42 Å². The molecule has 1 unspecified atom stereocenters. The zero-order valence-corrected chi connectivity index (χ0v) is 20.0. The Kier molecular flexibility index (Phi) is 8.12. The van der Waals surface area contributed by atoms with Gasteiger partial charge in [0.2, 0.25) is 0 Å². The van der Waals surface area contributed by atoms with Crippen LogP contribution in [0.5, 0.6) is 0 Å². The largest absolute Gasteiger partial charge is 0.388 e. The molecule has 1 N–H and O–H groups in total. The second-order valence-corrected chi connectivity index (χ2v) is 9.74. The summed E-state index contributed by atoms with van der Waals surface area (Å²) in [6.07, 6.45) is 8.24. The predicted molar refractivity (Wildman–Crippen MR) is 138 cm³/mol. The second kappa shape index (κ2) is 11.4. The molecule has 3 aromatic rings. The average molecular weight is 458 g/mol. The standard InChI is InChI=1S/C30H35NO3/c1-2-3-4-22-5-9-24(10-6-22)26-13-15-28(16-14-26)30(32)21-23-7-11-25(12-8-23)27-17-19-29(20-18-27)31(33)34/h5-6,9-10,13-20,23,25,30,32H,2-4,7-8,11-12,21H2,1H3. The third kappa shape index (κ3) is 6.12. The summed E-state index contributed by atoms with van der Waals surface area (Å²) < 4.78 is 0. The SMILES string of the molecule is CCCCc1ccc(-c2ccc(C(O)CC3CCC(c4ccc([N+](=O)[O-])cc4)CC3)cc2)cc1. The van der Waals surface area contributed by atoms with Crippen molar-refractivity contribution in [3.05, 3.63) is 99.6 Å².